The fourth-order valence-electron chi connectivity index (χ4n) is 3.98. The highest BCUT2D eigenvalue weighted by molar-refractivity contribution is 6.42. The SMILES string of the molecule is OCCN1C(=NCc2cccc(Cl)c2)C2(CCOCC2)Nc2cc(Cl)c(Cl)cc21. The Labute approximate surface area is 185 Å². The van der Waals surface area contributed by atoms with Gasteiger partial charge in [0.05, 0.1) is 40.1 Å². The van der Waals surface area contributed by atoms with E-state index >= 15 is 0 Å². The normalized spacial score (nSPS) is 19.3. The monoisotopic (exact) mass is 453 g/mol. The number of anilines is 2. The van der Waals surface area contributed by atoms with Crippen molar-refractivity contribution in [2.75, 3.05) is 36.6 Å². The van der Waals surface area contributed by atoms with Gasteiger partial charge in [0.25, 0.3) is 0 Å². The first-order valence-electron chi connectivity index (χ1n) is 9.55. The molecule has 8 heteroatoms. The molecule has 5 nitrogen and oxygen atoms in total. The summed E-state index contributed by atoms with van der Waals surface area (Å²) in [6.45, 7) is 2.14. The van der Waals surface area contributed by atoms with Crippen molar-refractivity contribution in [1.29, 1.82) is 0 Å². The van der Waals surface area contributed by atoms with E-state index in [9.17, 15) is 5.11 Å². The number of nitrogens with one attached hydrogen (secondary N) is 1. The number of amidine groups is 1. The number of rotatable bonds is 4. The lowest BCUT2D eigenvalue weighted by atomic mass is 9.85. The fraction of sp³-hybridized carbons (Fsp3) is 0.381. The summed E-state index contributed by atoms with van der Waals surface area (Å²) in [6, 6.07) is 11.4. The number of fused-ring (bicyclic) bond motifs is 1. The molecule has 1 saturated heterocycles. The van der Waals surface area contributed by atoms with Crippen molar-refractivity contribution in [3.05, 3.63) is 57.0 Å². The molecular formula is C21H22Cl3N3O2. The first-order chi connectivity index (χ1) is 14.0. The largest absolute Gasteiger partial charge is 0.395 e. The van der Waals surface area contributed by atoms with E-state index in [1.165, 1.54) is 0 Å². The van der Waals surface area contributed by atoms with Gasteiger partial charge in [0.2, 0.25) is 0 Å². The van der Waals surface area contributed by atoms with Gasteiger partial charge < -0.3 is 20.1 Å². The number of hydrogen-bond donors (Lipinski definition) is 2. The van der Waals surface area contributed by atoms with Gasteiger partial charge in [0.15, 0.2) is 0 Å². The van der Waals surface area contributed by atoms with Crippen molar-refractivity contribution < 1.29 is 9.84 Å². The number of aliphatic imine (C=N–C) groups is 1. The number of β-amino-alcohol motifs (C(OH)–C–C–N with tert-alkyl or cyclic N) is 1. The van der Waals surface area contributed by atoms with Crippen molar-refractivity contribution in [1.82, 2.24) is 0 Å². The van der Waals surface area contributed by atoms with E-state index in [4.69, 9.17) is 44.5 Å². The molecule has 154 valence electrons. The highest BCUT2D eigenvalue weighted by atomic mass is 35.5. The minimum Gasteiger partial charge on any atom is -0.395 e. The molecule has 0 unspecified atom stereocenters. The van der Waals surface area contributed by atoms with Crippen molar-refractivity contribution in [2.45, 2.75) is 24.9 Å². The second kappa shape index (κ2) is 8.70. The standard InChI is InChI=1S/C21H22Cl3N3O2/c22-15-3-1-2-14(10-15)13-25-20-21(4-8-29-9-5-21)26-18-11-16(23)17(24)12-19(18)27(20)6-7-28/h1-3,10-12,26,28H,4-9,13H2. The maximum Gasteiger partial charge on any atom is 0.130 e. The summed E-state index contributed by atoms with van der Waals surface area (Å²) in [5.41, 5.74) is 2.37. The van der Waals surface area contributed by atoms with Crippen LogP contribution in [0.5, 0.6) is 0 Å². The summed E-state index contributed by atoms with van der Waals surface area (Å²) >= 11 is 18.7. The molecule has 0 atom stereocenters. The van der Waals surface area contributed by atoms with Crippen molar-refractivity contribution in [3.63, 3.8) is 0 Å². The van der Waals surface area contributed by atoms with E-state index in [0.29, 0.717) is 41.4 Å². The molecule has 2 N–H and O–H groups in total. The van der Waals surface area contributed by atoms with Crippen LogP contribution in [0.25, 0.3) is 0 Å². The Morgan fingerprint density at radius 1 is 1.10 bits per heavy atom. The Hall–Kier alpha value is -1.50. The zero-order valence-corrected chi connectivity index (χ0v) is 18.1. The molecule has 1 spiro atoms. The van der Waals surface area contributed by atoms with Gasteiger partial charge in [-0.15, -0.1) is 0 Å². The number of nitrogens with zero attached hydrogens (tertiary/aromatic N) is 2. The number of hydrogen-bond acceptors (Lipinski definition) is 4. The number of ether oxygens (including phenoxy) is 1. The van der Waals surface area contributed by atoms with Gasteiger partial charge in [-0.05, 0) is 29.8 Å². The first-order valence-corrected chi connectivity index (χ1v) is 10.7. The summed E-state index contributed by atoms with van der Waals surface area (Å²) < 4.78 is 5.62. The molecule has 2 heterocycles. The molecule has 29 heavy (non-hydrogen) atoms. The Morgan fingerprint density at radius 2 is 1.86 bits per heavy atom. The summed E-state index contributed by atoms with van der Waals surface area (Å²) in [4.78, 5) is 7.05. The van der Waals surface area contributed by atoms with E-state index in [1.807, 2.05) is 41.3 Å². The molecule has 0 bridgehead atoms. The van der Waals surface area contributed by atoms with Crippen molar-refractivity contribution in [2.24, 2.45) is 4.99 Å². The molecule has 4 rings (SSSR count). The van der Waals surface area contributed by atoms with Gasteiger partial charge >= 0.3 is 0 Å². The lowest BCUT2D eigenvalue weighted by Crippen LogP contribution is -2.60. The minimum absolute atomic E-state index is 0.0115. The summed E-state index contributed by atoms with van der Waals surface area (Å²) in [5.74, 6) is 0.876. The van der Waals surface area contributed by atoms with Crippen LogP contribution in [0.4, 0.5) is 11.4 Å². The van der Waals surface area contributed by atoms with Crippen LogP contribution in [0.1, 0.15) is 18.4 Å². The predicted molar refractivity (Wildman–Crippen MR) is 120 cm³/mol. The van der Waals surface area contributed by atoms with E-state index in [0.717, 1.165) is 35.6 Å². The molecular weight excluding hydrogens is 433 g/mol. The van der Waals surface area contributed by atoms with Crippen molar-refractivity contribution >= 4 is 52.0 Å². The molecule has 0 aromatic heterocycles. The Bertz CT molecular complexity index is 929. The molecule has 0 radical (unpaired) electrons. The first kappa shape index (κ1) is 20.8. The molecule has 0 amide bonds. The highest BCUT2D eigenvalue weighted by Crippen LogP contribution is 2.43. The molecule has 0 aliphatic carbocycles. The van der Waals surface area contributed by atoms with Gasteiger partial charge in [-0.1, -0.05) is 46.9 Å². The molecule has 2 aliphatic rings. The number of halogens is 3. The fourth-order valence-corrected chi connectivity index (χ4v) is 4.51. The molecule has 2 aliphatic heterocycles. The van der Waals surface area contributed by atoms with E-state index < -0.39 is 5.54 Å². The summed E-state index contributed by atoms with van der Waals surface area (Å²) in [6.07, 6.45) is 1.53. The van der Waals surface area contributed by atoms with Crippen LogP contribution in [0.3, 0.4) is 0 Å². The number of benzene rings is 2. The molecule has 2 aromatic rings. The second-order valence-electron chi connectivity index (χ2n) is 7.25. The van der Waals surface area contributed by atoms with Gasteiger partial charge in [-0.25, -0.2) is 0 Å². The second-order valence-corrected chi connectivity index (χ2v) is 8.50. The van der Waals surface area contributed by atoms with Crippen LogP contribution in [0, 0.1) is 0 Å². The summed E-state index contributed by atoms with van der Waals surface area (Å²) in [7, 11) is 0. The van der Waals surface area contributed by atoms with Crippen LogP contribution in [-0.2, 0) is 11.3 Å². The maximum atomic E-state index is 9.78. The van der Waals surface area contributed by atoms with Crippen LogP contribution >= 0.6 is 34.8 Å². The molecule has 1 fully saturated rings. The average Bonchev–Trinajstić information content (AvgIpc) is 2.70. The smallest absolute Gasteiger partial charge is 0.130 e. The Balaban J connectivity index is 1.80. The lowest BCUT2D eigenvalue weighted by Gasteiger charge is -2.48. The predicted octanol–water partition coefficient (Wildman–Crippen LogP) is 5.02. The lowest BCUT2D eigenvalue weighted by molar-refractivity contribution is 0.0773. The highest BCUT2D eigenvalue weighted by Gasteiger charge is 2.45. The van der Waals surface area contributed by atoms with E-state index in [1.54, 1.807) is 0 Å². The van der Waals surface area contributed by atoms with Crippen LogP contribution in [0.15, 0.2) is 41.4 Å². The third-order valence-corrected chi connectivity index (χ3v) is 6.31. The zero-order chi connectivity index (χ0) is 20.4. The third kappa shape index (κ3) is 4.21. The number of aliphatic hydroxyl groups excluding tert-OH is 1. The van der Waals surface area contributed by atoms with Gasteiger partial charge in [-0.2, -0.15) is 0 Å². The number of aliphatic hydroxyl groups is 1. The van der Waals surface area contributed by atoms with Gasteiger partial charge in [-0.3, -0.25) is 4.99 Å². The Kier molecular flexibility index (Phi) is 6.23. The average molecular weight is 455 g/mol. The molecule has 0 saturated carbocycles. The van der Waals surface area contributed by atoms with Crippen molar-refractivity contribution in [3.8, 4) is 0 Å². The Morgan fingerprint density at radius 3 is 2.59 bits per heavy atom. The van der Waals surface area contributed by atoms with Gasteiger partial charge in [0, 0.05) is 37.6 Å². The van der Waals surface area contributed by atoms with Crippen LogP contribution < -0.4 is 10.2 Å². The topological polar surface area (TPSA) is 57.1 Å². The summed E-state index contributed by atoms with van der Waals surface area (Å²) in [5, 5.41) is 15.1. The van der Waals surface area contributed by atoms with E-state index in [-0.39, 0.29) is 6.61 Å². The zero-order valence-electron chi connectivity index (χ0n) is 15.8. The quantitative estimate of drug-likeness (QED) is 0.681. The minimum atomic E-state index is -0.393. The van der Waals surface area contributed by atoms with Crippen LogP contribution in [0.2, 0.25) is 15.1 Å². The van der Waals surface area contributed by atoms with E-state index in [2.05, 4.69) is 5.32 Å². The van der Waals surface area contributed by atoms with Gasteiger partial charge in [0.1, 0.15) is 5.84 Å². The third-order valence-electron chi connectivity index (χ3n) is 5.36. The maximum absolute atomic E-state index is 9.78. The molecule has 2 aromatic carbocycles. The van der Waals surface area contributed by atoms with Crippen LogP contribution in [-0.4, -0.2) is 42.8 Å².